The molecule has 4 aromatic rings. The highest BCUT2D eigenvalue weighted by Crippen LogP contribution is 2.28. The van der Waals surface area contributed by atoms with Gasteiger partial charge in [-0.2, -0.15) is 0 Å². The van der Waals surface area contributed by atoms with Crippen LogP contribution in [-0.2, 0) is 9.59 Å². The number of hydrogen-bond acceptors (Lipinski definition) is 5. The molecule has 2 amide bonds. The summed E-state index contributed by atoms with van der Waals surface area (Å²) in [6.45, 7) is 1.85. The third-order valence-corrected chi connectivity index (χ3v) is 7.30. The van der Waals surface area contributed by atoms with Gasteiger partial charge < -0.3 is 10.6 Å². The van der Waals surface area contributed by atoms with Crippen LogP contribution in [0.2, 0.25) is 0 Å². The number of amides is 2. The molecule has 3 aromatic carbocycles. The third kappa shape index (κ3) is 7.39. The van der Waals surface area contributed by atoms with Crippen LogP contribution in [0.5, 0.6) is 0 Å². The lowest BCUT2D eigenvalue weighted by atomic mass is 10.2. The van der Waals surface area contributed by atoms with Crippen LogP contribution in [0.4, 0.5) is 10.8 Å². The lowest BCUT2D eigenvalue weighted by molar-refractivity contribution is -0.115. The fraction of sp³-hybridized carbons (Fsp3) is 0.0741. The number of aromatic nitrogens is 1. The molecular weight excluding hydrogens is 542 g/mol. The number of hydrogen-bond donors (Lipinski definition) is 2. The van der Waals surface area contributed by atoms with E-state index in [9.17, 15) is 9.59 Å². The predicted octanol–water partition coefficient (Wildman–Crippen LogP) is 7.34. The van der Waals surface area contributed by atoms with Crippen LogP contribution in [0.3, 0.4) is 0 Å². The minimum atomic E-state index is -0.315. The van der Waals surface area contributed by atoms with E-state index in [0.29, 0.717) is 10.8 Å². The van der Waals surface area contributed by atoms with Gasteiger partial charge in [-0.3, -0.25) is 9.59 Å². The van der Waals surface area contributed by atoms with Crippen LogP contribution >= 0.6 is 39.0 Å². The Morgan fingerprint density at radius 2 is 1.69 bits per heavy atom. The highest BCUT2D eigenvalue weighted by molar-refractivity contribution is 9.10. The van der Waals surface area contributed by atoms with E-state index in [1.54, 1.807) is 6.08 Å². The molecule has 1 heterocycles. The number of anilines is 2. The maximum Gasteiger partial charge on any atom is 0.248 e. The zero-order chi connectivity index (χ0) is 24.6. The van der Waals surface area contributed by atoms with Gasteiger partial charge in [-0.25, -0.2) is 4.98 Å². The van der Waals surface area contributed by atoms with Crippen molar-refractivity contribution in [3.8, 4) is 11.3 Å². The molecule has 0 radical (unpaired) electrons. The van der Waals surface area contributed by atoms with Crippen molar-refractivity contribution in [1.29, 1.82) is 0 Å². The summed E-state index contributed by atoms with van der Waals surface area (Å²) >= 11 is 6.27. The van der Waals surface area contributed by atoms with Crippen LogP contribution in [0.15, 0.2) is 99.7 Å². The number of benzene rings is 3. The van der Waals surface area contributed by atoms with Crippen molar-refractivity contribution in [3.05, 3.63) is 100 Å². The molecule has 0 aliphatic heterocycles. The Hall–Kier alpha value is -3.20. The SMILES string of the molecule is CC(Sc1ccc(NC(=O)/C=C/c2ccccc2)cc1)C(=O)Nc1nc(-c2ccc(Br)cc2)cs1. The number of halogens is 1. The minimum Gasteiger partial charge on any atom is -0.323 e. The Labute approximate surface area is 220 Å². The minimum absolute atomic E-state index is 0.116. The predicted molar refractivity (Wildman–Crippen MR) is 150 cm³/mol. The van der Waals surface area contributed by atoms with Gasteiger partial charge >= 0.3 is 0 Å². The van der Waals surface area contributed by atoms with Crippen LogP contribution in [0.25, 0.3) is 17.3 Å². The fourth-order valence-corrected chi connectivity index (χ4v) is 4.94. The van der Waals surface area contributed by atoms with E-state index in [2.05, 4.69) is 31.5 Å². The molecule has 0 saturated heterocycles. The third-order valence-electron chi connectivity index (χ3n) is 4.90. The first kappa shape index (κ1) is 24.9. The van der Waals surface area contributed by atoms with E-state index in [0.717, 1.165) is 26.2 Å². The highest BCUT2D eigenvalue weighted by Gasteiger charge is 2.16. The van der Waals surface area contributed by atoms with E-state index in [1.165, 1.54) is 29.2 Å². The monoisotopic (exact) mass is 563 g/mol. The second-order valence-electron chi connectivity index (χ2n) is 7.55. The molecule has 176 valence electrons. The number of thioether (sulfide) groups is 1. The standard InChI is InChI=1S/C27H22BrN3O2S2/c1-18(26(33)31-27-30-24(17-34-27)20-8-10-21(28)11-9-20)35-23-14-12-22(13-15-23)29-25(32)16-7-19-5-3-2-4-6-19/h2-18H,1H3,(H,29,32)(H,30,31,33)/b16-7+. The second-order valence-corrected chi connectivity index (χ2v) is 10.7. The average molecular weight is 565 g/mol. The molecule has 1 atom stereocenters. The van der Waals surface area contributed by atoms with Gasteiger partial charge in [0.05, 0.1) is 10.9 Å². The van der Waals surface area contributed by atoms with Gasteiger partial charge in [0.25, 0.3) is 0 Å². The van der Waals surface area contributed by atoms with E-state index in [1.807, 2.05) is 91.2 Å². The van der Waals surface area contributed by atoms with Gasteiger partial charge in [0.2, 0.25) is 11.8 Å². The number of rotatable bonds is 8. The Morgan fingerprint density at radius 3 is 2.40 bits per heavy atom. The van der Waals surface area contributed by atoms with Crippen molar-refractivity contribution in [2.24, 2.45) is 0 Å². The molecular formula is C27H22BrN3O2S2. The molecule has 4 rings (SSSR count). The summed E-state index contributed by atoms with van der Waals surface area (Å²) in [5, 5.41) is 7.93. The molecule has 0 aliphatic rings. The van der Waals surface area contributed by atoms with Crippen molar-refractivity contribution >= 4 is 67.7 Å². The van der Waals surface area contributed by atoms with Gasteiger partial charge in [-0.1, -0.05) is 58.4 Å². The number of nitrogens with one attached hydrogen (secondary N) is 2. The first-order chi connectivity index (χ1) is 17.0. The van der Waals surface area contributed by atoms with Crippen molar-refractivity contribution in [1.82, 2.24) is 4.98 Å². The molecule has 1 unspecified atom stereocenters. The Morgan fingerprint density at radius 1 is 0.971 bits per heavy atom. The molecule has 35 heavy (non-hydrogen) atoms. The normalized spacial score (nSPS) is 11.8. The van der Waals surface area contributed by atoms with Crippen molar-refractivity contribution in [2.75, 3.05) is 10.6 Å². The smallest absolute Gasteiger partial charge is 0.248 e. The van der Waals surface area contributed by atoms with Crippen LogP contribution in [0, 0.1) is 0 Å². The number of carbonyl (C=O) groups is 2. The molecule has 0 aliphatic carbocycles. The second kappa shape index (κ2) is 12.0. The summed E-state index contributed by atoms with van der Waals surface area (Å²) < 4.78 is 1.01. The summed E-state index contributed by atoms with van der Waals surface area (Å²) in [4.78, 5) is 30.3. The topological polar surface area (TPSA) is 71.1 Å². The summed E-state index contributed by atoms with van der Waals surface area (Å²) in [6, 6.07) is 25.0. The van der Waals surface area contributed by atoms with Gasteiger partial charge in [0.15, 0.2) is 5.13 Å². The first-order valence-electron chi connectivity index (χ1n) is 10.8. The molecule has 0 bridgehead atoms. The number of thiazole rings is 1. The molecule has 0 spiro atoms. The Kier molecular flexibility index (Phi) is 8.52. The van der Waals surface area contributed by atoms with Gasteiger partial charge in [-0.15, -0.1) is 23.1 Å². The van der Waals surface area contributed by atoms with E-state index in [-0.39, 0.29) is 17.1 Å². The quantitative estimate of drug-likeness (QED) is 0.174. The summed E-state index contributed by atoms with van der Waals surface area (Å²) in [5.74, 6) is -0.317. The van der Waals surface area contributed by atoms with Crippen molar-refractivity contribution < 1.29 is 9.59 Å². The summed E-state index contributed by atoms with van der Waals surface area (Å²) in [7, 11) is 0. The van der Waals surface area contributed by atoms with Crippen LogP contribution < -0.4 is 10.6 Å². The maximum atomic E-state index is 12.7. The average Bonchev–Trinajstić information content (AvgIpc) is 3.33. The zero-order valence-electron chi connectivity index (χ0n) is 18.8. The van der Waals surface area contributed by atoms with Crippen LogP contribution in [-0.4, -0.2) is 22.0 Å². The van der Waals surface area contributed by atoms with E-state index < -0.39 is 0 Å². The van der Waals surface area contributed by atoms with Gasteiger partial charge in [0.1, 0.15) is 0 Å². The highest BCUT2D eigenvalue weighted by atomic mass is 79.9. The first-order valence-corrected chi connectivity index (χ1v) is 13.3. The molecule has 5 nitrogen and oxygen atoms in total. The Balaban J connectivity index is 1.28. The van der Waals surface area contributed by atoms with Crippen molar-refractivity contribution in [3.63, 3.8) is 0 Å². The maximum absolute atomic E-state index is 12.7. The largest absolute Gasteiger partial charge is 0.323 e. The summed E-state index contributed by atoms with van der Waals surface area (Å²) in [5.41, 5.74) is 3.48. The molecule has 1 aromatic heterocycles. The van der Waals surface area contributed by atoms with E-state index >= 15 is 0 Å². The molecule has 2 N–H and O–H groups in total. The molecule has 0 saturated carbocycles. The van der Waals surface area contributed by atoms with E-state index in [4.69, 9.17) is 0 Å². The van der Waals surface area contributed by atoms with Crippen molar-refractivity contribution in [2.45, 2.75) is 17.1 Å². The number of nitrogens with zero attached hydrogens (tertiary/aromatic N) is 1. The summed E-state index contributed by atoms with van der Waals surface area (Å²) in [6.07, 6.45) is 3.27. The molecule has 0 fully saturated rings. The lowest BCUT2D eigenvalue weighted by Gasteiger charge is -2.11. The molecule has 8 heteroatoms. The fourth-order valence-electron chi connectivity index (χ4n) is 3.09. The van der Waals surface area contributed by atoms with Crippen LogP contribution in [0.1, 0.15) is 12.5 Å². The van der Waals surface area contributed by atoms with Gasteiger partial charge in [0, 0.05) is 32.1 Å². The zero-order valence-corrected chi connectivity index (χ0v) is 22.0. The number of carbonyl (C=O) groups excluding carboxylic acids is 2. The Bertz CT molecular complexity index is 1320. The van der Waals surface area contributed by atoms with Gasteiger partial charge in [-0.05, 0) is 55.0 Å². The lowest BCUT2D eigenvalue weighted by Crippen LogP contribution is -2.22.